The van der Waals surface area contributed by atoms with Crippen LogP contribution in [-0.2, 0) is 11.3 Å². The van der Waals surface area contributed by atoms with Gasteiger partial charge in [-0.25, -0.2) is 4.68 Å². The summed E-state index contributed by atoms with van der Waals surface area (Å²) in [6.45, 7) is 2.08. The number of nitrogens with zero attached hydrogens (tertiary/aromatic N) is 3. The van der Waals surface area contributed by atoms with Crippen molar-refractivity contribution >= 4 is 16.9 Å². The number of nitrogens with one attached hydrogen (secondary N) is 1. The molecule has 0 saturated carbocycles. The molecular formula is C17H18N4O2. The van der Waals surface area contributed by atoms with Gasteiger partial charge < -0.3 is 10.1 Å². The van der Waals surface area contributed by atoms with E-state index in [9.17, 15) is 4.79 Å². The van der Waals surface area contributed by atoms with E-state index in [1.54, 1.807) is 11.8 Å². The molecule has 2 aromatic carbocycles. The first-order valence-electron chi connectivity index (χ1n) is 7.39. The molecule has 23 heavy (non-hydrogen) atoms. The zero-order valence-corrected chi connectivity index (χ0v) is 13.1. The van der Waals surface area contributed by atoms with Gasteiger partial charge >= 0.3 is 0 Å². The summed E-state index contributed by atoms with van der Waals surface area (Å²) in [6, 6.07) is 15.1. The van der Waals surface area contributed by atoms with Gasteiger partial charge in [0.25, 0.3) is 0 Å². The first kappa shape index (κ1) is 15.0. The Morgan fingerprint density at radius 3 is 2.70 bits per heavy atom. The molecule has 0 radical (unpaired) electrons. The smallest absolute Gasteiger partial charge is 0.242 e. The Bertz CT molecular complexity index is 811. The van der Waals surface area contributed by atoms with Gasteiger partial charge in [0.2, 0.25) is 5.91 Å². The van der Waals surface area contributed by atoms with Gasteiger partial charge in [0.05, 0.1) is 18.7 Å². The Labute approximate surface area is 134 Å². The van der Waals surface area contributed by atoms with E-state index in [2.05, 4.69) is 15.6 Å². The zero-order valence-electron chi connectivity index (χ0n) is 13.1. The number of hydrogen-bond donors (Lipinski definition) is 1. The number of methoxy groups -OCH3 is 1. The second kappa shape index (κ2) is 6.48. The summed E-state index contributed by atoms with van der Waals surface area (Å²) in [5.74, 6) is 0.685. The number of para-hydroxylation sites is 1. The summed E-state index contributed by atoms with van der Waals surface area (Å²) >= 11 is 0. The maximum atomic E-state index is 12.2. The fourth-order valence-electron chi connectivity index (χ4n) is 2.43. The number of amides is 1. The quantitative estimate of drug-likeness (QED) is 0.785. The molecule has 3 aromatic rings. The van der Waals surface area contributed by atoms with Gasteiger partial charge in [-0.2, -0.15) is 0 Å². The van der Waals surface area contributed by atoms with Crippen molar-refractivity contribution in [3.05, 3.63) is 54.1 Å². The van der Waals surface area contributed by atoms with Crippen LogP contribution in [-0.4, -0.2) is 28.0 Å². The molecule has 0 spiro atoms. The molecule has 118 valence electrons. The number of ether oxygens (including phenoxy) is 1. The van der Waals surface area contributed by atoms with Crippen LogP contribution in [0.4, 0.5) is 0 Å². The molecule has 1 atom stereocenters. The molecule has 0 bridgehead atoms. The lowest BCUT2D eigenvalue weighted by atomic mass is 10.1. The van der Waals surface area contributed by atoms with Crippen LogP contribution in [0.5, 0.6) is 5.75 Å². The van der Waals surface area contributed by atoms with Crippen molar-refractivity contribution in [1.82, 2.24) is 20.3 Å². The molecule has 1 aromatic heterocycles. The molecule has 6 nitrogen and oxygen atoms in total. The summed E-state index contributed by atoms with van der Waals surface area (Å²) < 4.78 is 6.74. The van der Waals surface area contributed by atoms with E-state index in [1.165, 1.54) is 0 Å². The van der Waals surface area contributed by atoms with E-state index in [0.717, 1.165) is 22.3 Å². The average Bonchev–Trinajstić information content (AvgIpc) is 2.98. The Hall–Kier alpha value is -2.89. The van der Waals surface area contributed by atoms with Gasteiger partial charge in [0, 0.05) is 0 Å². The van der Waals surface area contributed by atoms with Crippen molar-refractivity contribution in [3.63, 3.8) is 0 Å². The number of carbonyl (C=O) groups excluding carboxylic acids is 1. The van der Waals surface area contributed by atoms with Crippen molar-refractivity contribution in [2.24, 2.45) is 0 Å². The fourth-order valence-corrected chi connectivity index (χ4v) is 2.43. The lowest BCUT2D eigenvalue weighted by molar-refractivity contribution is -0.122. The minimum atomic E-state index is -0.107. The number of fused-ring (bicyclic) bond motifs is 1. The van der Waals surface area contributed by atoms with Crippen molar-refractivity contribution < 1.29 is 9.53 Å². The molecule has 1 N–H and O–H groups in total. The average molecular weight is 310 g/mol. The van der Waals surface area contributed by atoms with E-state index in [1.807, 2.05) is 55.5 Å². The van der Waals surface area contributed by atoms with Crippen LogP contribution in [0.1, 0.15) is 18.5 Å². The molecule has 3 rings (SSSR count). The number of rotatable bonds is 5. The Kier molecular flexibility index (Phi) is 4.23. The Balaban J connectivity index is 1.66. The van der Waals surface area contributed by atoms with Gasteiger partial charge in [-0.15, -0.1) is 5.10 Å². The highest BCUT2D eigenvalue weighted by Crippen LogP contribution is 2.17. The standard InChI is InChI=1S/C17H18N4O2/c1-12(13-7-9-14(23-2)10-8-13)18-17(22)11-21-16-6-4-3-5-15(16)19-20-21/h3-10,12H,11H2,1-2H3,(H,18,22)/t12-/m0/s1. The number of carbonyl (C=O) groups is 1. The number of aromatic nitrogens is 3. The third-order valence-corrected chi connectivity index (χ3v) is 3.71. The molecule has 0 unspecified atom stereocenters. The van der Waals surface area contributed by atoms with E-state index in [4.69, 9.17) is 4.74 Å². The molecule has 0 aliphatic rings. The summed E-state index contributed by atoms with van der Waals surface area (Å²) in [5.41, 5.74) is 2.64. The monoisotopic (exact) mass is 310 g/mol. The minimum Gasteiger partial charge on any atom is -0.497 e. The second-order valence-electron chi connectivity index (χ2n) is 5.30. The topological polar surface area (TPSA) is 69.0 Å². The molecule has 0 aliphatic carbocycles. The summed E-state index contributed by atoms with van der Waals surface area (Å²) in [4.78, 5) is 12.2. The molecule has 0 aliphatic heterocycles. The van der Waals surface area contributed by atoms with E-state index >= 15 is 0 Å². The van der Waals surface area contributed by atoms with Crippen molar-refractivity contribution in [2.45, 2.75) is 19.5 Å². The van der Waals surface area contributed by atoms with Crippen LogP contribution in [0.15, 0.2) is 48.5 Å². The second-order valence-corrected chi connectivity index (χ2v) is 5.30. The van der Waals surface area contributed by atoms with Crippen molar-refractivity contribution in [3.8, 4) is 5.75 Å². The van der Waals surface area contributed by atoms with Gasteiger partial charge in [-0.3, -0.25) is 4.79 Å². The van der Waals surface area contributed by atoms with Crippen LogP contribution in [0.25, 0.3) is 11.0 Å². The molecule has 0 fully saturated rings. The SMILES string of the molecule is COc1ccc([C@H](C)NC(=O)Cn2nnc3ccccc32)cc1. The van der Waals surface area contributed by atoms with E-state index in [-0.39, 0.29) is 18.5 Å². The van der Waals surface area contributed by atoms with Crippen LogP contribution >= 0.6 is 0 Å². The molecule has 1 heterocycles. The van der Waals surface area contributed by atoms with Crippen molar-refractivity contribution in [1.29, 1.82) is 0 Å². The normalized spacial score (nSPS) is 12.1. The van der Waals surface area contributed by atoms with Crippen LogP contribution in [0.2, 0.25) is 0 Å². The maximum Gasteiger partial charge on any atom is 0.242 e. The predicted octanol–water partition coefficient (Wildman–Crippen LogP) is 2.32. The molecule has 6 heteroatoms. The van der Waals surface area contributed by atoms with Crippen LogP contribution < -0.4 is 10.1 Å². The third kappa shape index (κ3) is 3.31. The lowest BCUT2D eigenvalue weighted by Crippen LogP contribution is -2.30. The highest BCUT2D eigenvalue weighted by Gasteiger charge is 2.12. The van der Waals surface area contributed by atoms with Gasteiger partial charge in [-0.1, -0.05) is 29.5 Å². The number of hydrogen-bond acceptors (Lipinski definition) is 4. The van der Waals surface area contributed by atoms with E-state index in [0.29, 0.717) is 0 Å². The van der Waals surface area contributed by atoms with Crippen molar-refractivity contribution in [2.75, 3.05) is 7.11 Å². The van der Waals surface area contributed by atoms with E-state index < -0.39 is 0 Å². The molecular weight excluding hydrogens is 292 g/mol. The van der Waals surface area contributed by atoms with Gasteiger partial charge in [0.15, 0.2) is 0 Å². The predicted molar refractivity (Wildman–Crippen MR) is 87.1 cm³/mol. The summed E-state index contributed by atoms with van der Waals surface area (Å²) in [6.07, 6.45) is 0. The maximum absolute atomic E-state index is 12.2. The third-order valence-electron chi connectivity index (χ3n) is 3.71. The first-order valence-corrected chi connectivity index (χ1v) is 7.39. The van der Waals surface area contributed by atoms with Crippen LogP contribution in [0, 0.1) is 0 Å². The Morgan fingerprint density at radius 1 is 1.22 bits per heavy atom. The summed E-state index contributed by atoms with van der Waals surface area (Å²) in [7, 11) is 1.63. The molecule has 0 saturated heterocycles. The largest absolute Gasteiger partial charge is 0.497 e. The highest BCUT2D eigenvalue weighted by atomic mass is 16.5. The van der Waals surface area contributed by atoms with Crippen LogP contribution in [0.3, 0.4) is 0 Å². The van der Waals surface area contributed by atoms with Gasteiger partial charge in [0.1, 0.15) is 17.8 Å². The molecule has 1 amide bonds. The minimum absolute atomic E-state index is 0.0943. The fraction of sp³-hybridized carbons (Fsp3) is 0.235. The van der Waals surface area contributed by atoms with Gasteiger partial charge in [-0.05, 0) is 36.8 Å². The zero-order chi connectivity index (χ0) is 16.2. The lowest BCUT2D eigenvalue weighted by Gasteiger charge is -2.15. The first-order chi connectivity index (χ1) is 11.2. The summed E-state index contributed by atoms with van der Waals surface area (Å²) in [5, 5.41) is 11.0. The Morgan fingerprint density at radius 2 is 1.96 bits per heavy atom. The number of benzene rings is 2. The highest BCUT2D eigenvalue weighted by molar-refractivity contribution is 5.80.